The zero-order valence-corrected chi connectivity index (χ0v) is 15.8. The number of piperazine rings is 1. The van der Waals surface area contributed by atoms with Crippen LogP contribution in [0.25, 0.3) is 0 Å². The van der Waals surface area contributed by atoms with E-state index < -0.39 is 0 Å². The molecule has 1 saturated heterocycles. The Balaban J connectivity index is 1.86. The summed E-state index contributed by atoms with van der Waals surface area (Å²) in [5.41, 5.74) is 4.60. The van der Waals surface area contributed by atoms with Crippen molar-refractivity contribution < 1.29 is 4.79 Å². The second-order valence-corrected chi connectivity index (χ2v) is 6.60. The molecule has 6 heteroatoms. The Bertz CT molecular complexity index is 747. The Labute approximate surface area is 155 Å². The van der Waals surface area contributed by atoms with Crippen molar-refractivity contribution in [1.82, 2.24) is 14.9 Å². The van der Waals surface area contributed by atoms with Gasteiger partial charge >= 0.3 is 0 Å². The Kier molecular flexibility index (Phi) is 5.71. The van der Waals surface area contributed by atoms with Gasteiger partial charge in [-0.15, -0.1) is 0 Å². The molecule has 0 bridgehead atoms. The van der Waals surface area contributed by atoms with Crippen molar-refractivity contribution in [2.45, 2.75) is 33.6 Å². The van der Waals surface area contributed by atoms with E-state index in [0.29, 0.717) is 5.95 Å². The molecule has 1 fully saturated rings. The predicted octanol–water partition coefficient (Wildman–Crippen LogP) is 2.93. The number of para-hydroxylation sites is 1. The van der Waals surface area contributed by atoms with Crippen molar-refractivity contribution in [2.24, 2.45) is 0 Å². The maximum atomic E-state index is 10.9. The van der Waals surface area contributed by atoms with Crippen LogP contribution >= 0.6 is 0 Å². The van der Waals surface area contributed by atoms with Gasteiger partial charge in [0.2, 0.25) is 12.4 Å². The summed E-state index contributed by atoms with van der Waals surface area (Å²) in [4.78, 5) is 24.3. The highest BCUT2D eigenvalue weighted by atomic mass is 16.1. The lowest BCUT2D eigenvalue weighted by Gasteiger charge is -2.33. The molecule has 26 heavy (non-hydrogen) atoms. The first-order valence-electron chi connectivity index (χ1n) is 9.32. The summed E-state index contributed by atoms with van der Waals surface area (Å²) >= 11 is 0. The zero-order valence-electron chi connectivity index (χ0n) is 15.8. The van der Waals surface area contributed by atoms with E-state index in [9.17, 15) is 4.79 Å². The van der Waals surface area contributed by atoms with Crippen molar-refractivity contribution in [1.29, 1.82) is 0 Å². The van der Waals surface area contributed by atoms with Crippen molar-refractivity contribution in [3.05, 3.63) is 41.1 Å². The third-order valence-corrected chi connectivity index (χ3v) is 4.86. The van der Waals surface area contributed by atoms with E-state index in [-0.39, 0.29) is 0 Å². The Morgan fingerprint density at radius 3 is 2.31 bits per heavy atom. The lowest BCUT2D eigenvalue weighted by atomic mass is 10.0. The van der Waals surface area contributed by atoms with E-state index in [4.69, 9.17) is 4.98 Å². The third kappa shape index (κ3) is 3.95. The van der Waals surface area contributed by atoms with Gasteiger partial charge in [0, 0.05) is 43.6 Å². The maximum absolute atomic E-state index is 10.9. The number of anilines is 3. The molecule has 0 aliphatic carbocycles. The normalized spacial score (nSPS) is 14.4. The average molecular weight is 353 g/mol. The lowest BCUT2D eigenvalue weighted by molar-refractivity contribution is -0.118. The van der Waals surface area contributed by atoms with Crippen molar-refractivity contribution in [3.8, 4) is 0 Å². The molecular weight excluding hydrogens is 326 g/mol. The molecule has 1 aromatic carbocycles. The van der Waals surface area contributed by atoms with Crippen LogP contribution in [0.1, 0.15) is 30.7 Å². The fraction of sp³-hybridized carbons (Fsp3) is 0.450. The summed E-state index contributed by atoms with van der Waals surface area (Å²) in [7, 11) is 0. The molecule has 0 atom stereocenters. The molecule has 1 aliphatic heterocycles. The molecule has 1 aliphatic rings. The van der Waals surface area contributed by atoms with E-state index in [1.165, 1.54) is 11.1 Å². The standard InChI is InChI=1S/C20H27N5O/c1-4-16-7-6-8-17(5-2)19(16)23-20-21-15(3)13-18(22-20)25-11-9-24(14-26)10-12-25/h6-8,13-14H,4-5,9-12H2,1-3H3,(H,21,22,23). The minimum absolute atomic E-state index is 0.633. The van der Waals surface area contributed by atoms with Crippen LogP contribution in [0.5, 0.6) is 0 Å². The molecule has 0 spiro atoms. The van der Waals surface area contributed by atoms with Gasteiger partial charge in [-0.1, -0.05) is 32.0 Å². The molecule has 6 nitrogen and oxygen atoms in total. The molecule has 138 valence electrons. The molecule has 1 N–H and O–H groups in total. The first-order valence-corrected chi connectivity index (χ1v) is 9.32. The number of aromatic nitrogens is 2. The van der Waals surface area contributed by atoms with Gasteiger partial charge in [0.1, 0.15) is 5.82 Å². The summed E-state index contributed by atoms with van der Waals surface area (Å²) in [5, 5.41) is 3.47. The quantitative estimate of drug-likeness (QED) is 0.809. The predicted molar refractivity (Wildman–Crippen MR) is 105 cm³/mol. The summed E-state index contributed by atoms with van der Waals surface area (Å²) in [5.74, 6) is 1.55. The summed E-state index contributed by atoms with van der Waals surface area (Å²) in [6.45, 7) is 9.36. The second-order valence-electron chi connectivity index (χ2n) is 6.60. The number of carbonyl (C=O) groups is 1. The van der Waals surface area contributed by atoms with Gasteiger partial charge in [0.05, 0.1) is 0 Å². The highest BCUT2D eigenvalue weighted by Gasteiger charge is 2.18. The van der Waals surface area contributed by atoms with Crippen LogP contribution in [0.2, 0.25) is 0 Å². The van der Waals surface area contributed by atoms with Crippen LogP contribution < -0.4 is 10.2 Å². The Morgan fingerprint density at radius 1 is 1.08 bits per heavy atom. The van der Waals surface area contributed by atoms with Crippen molar-refractivity contribution in [2.75, 3.05) is 36.4 Å². The number of aryl methyl sites for hydroxylation is 3. The monoisotopic (exact) mass is 353 g/mol. The number of amides is 1. The molecule has 1 amide bonds. The van der Waals surface area contributed by atoms with Gasteiger partial charge in [0.25, 0.3) is 0 Å². The van der Waals surface area contributed by atoms with E-state index in [2.05, 4.69) is 47.2 Å². The van der Waals surface area contributed by atoms with Gasteiger partial charge in [-0.2, -0.15) is 4.98 Å². The first-order chi connectivity index (χ1) is 12.6. The zero-order chi connectivity index (χ0) is 18.5. The van der Waals surface area contributed by atoms with E-state index in [1.807, 2.05) is 13.0 Å². The van der Waals surface area contributed by atoms with Crippen LogP contribution in [-0.4, -0.2) is 47.5 Å². The Morgan fingerprint density at radius 2 is 1.73 bits per heavy atom. The van der Waals surface area contributed by atoms with Gasteiger partial charge in [-0.05, 0) is 30.9 Å². The van der Waals surface area contributed by atoms with E-state index in [0.717, 1.165) is 62.6 Å². The average Bonchev–Trinajstić information content (AvgIpc) is 2.67. The highest BCUT2D eigenvalue weighted by molar-refractivity contribution is 5.64. The van der Waals surface area contributed by atoms with Gasteiger partial charge in [-0.3, -0.25) is 4.79 Å². The molecular formula is C20H27N5O. The van der Waals surface area contributed by atoms with Crippen LogP contribution in [0.15, 0.2) is 24.3 Å². The largest absolute Gasteiger partial charge is 0.353 e. The van der Waals surface area contributed by atoms with Crippen molar-refractivity contribution in [3.63, 3.8) is 0 Å². The topological polar surface area (TPSA) is 61.4 Å². The molecule has 2 heterocycles. The fourth-order valence-electron chi connectivity index (χ4n) is 3.34. The number of nitrogens with zero attached hydrogens (tertiary/aromatic N) is 4. The molecule has 1 aromatic heterocycles. The minimum atomic E-state index is 0.633. The molecule has 0 unspecified atom stereocenters. The van der Waals surface area contributed by atoms with Crippen LogP contribution in [0.3, 0.4) is 0 Å². The molecule has 3 rings (SSSR count). The number of hydrogen-bond donors (Lipinski definition) is 1. The molecule has 2 aromatic rings. The number of rotatable bonds is 6. The van der Waals surface area contributed by atoms with E-state index >= 15 is 0 Å². The lowest BCUT2D eigenvalue weighted by Crippen LogP contribution is -2.46. The summed E-state index contributed by atoms with van der Waals surface area (Å²) < 4.78 is 0. The Hall–Kier alpha value is -2.63. The summed E-state index contributed by atoms with van der Waals surface area (Å²) in [6.07, 6.45) is 2.84. The van der Waals surface area contributed by atoms with Crippen LogP contribution in [-0.2, 0) is 17.6 Å². The molecule has 0 radical (unpaired) electrons. The number of hydrogen-bond acceptors (Lipinski definition) is 5. The first kappa shape index (κ1) is 18.2. The van der Waals surface area contributed by atoms with E-state index in [1.54, 1.807) is 4.90 Å². The van der Waals surface area contributed by atoms with Gasteiger partial charge in [0.15, 0.2) is 0 Å². The third-order valence-electron chi connectivity index (χ3n) is 4.86. The smallest absolute Gasteiger partial charge is 0.229 e. The van der Waals surface area contributed by atoms with Gasteiger partial charge in [-0.25, -0.2) is 4.98 Å². The van der Waals surface area contributed by atoms with Gasteiger partial charge < -0.3 is 15.1 Å². The van der Waals surface area contributed by atoms with Crippen LogP contribution in [0.4, 0.5) is 17.5 Å². The number of benzene rings is 1. The minimum Gasteiger partial charge on any atom is -0.353 e. The SMILES string of the molecule is CCc1cccc(CC)c1Nc1nc(C)cc(N2CCN(C=O)CC2)n1. The van der Waals surface area contributed by atoms with Crippen molar-refractivity contribution >= 4 is 23.9 Å². The molecule has 0 saturated carbocycles. The summed E-state index contributed by atoms with van der Waals surface area (Å²) in [6, 6.07) is 8.42. The highest BCUT2D eigenvalue weighted by Crippen LogP contribution is 2.26. The number of nitrogens with one attached hydrogen (secondary N) is 1. The number of carbonyl (C=O) groups excluding carboxylic acids is 1. The second kappa shape index (κ2) is 8.17. The van der Waals surface area contributed by atoms with Crippen LogP contribution in [0, 0.1) is 6.92 Å². The fourth-order valence-corrected chi connectivity index (χ4v) is 3.34. The maximum Gasteiger partial charge on any atom is 0.229 e.